The number of nitrogen functional groups attached to an aromatic ring is 1. The van der Waals surface area contributed by atoms with Crippen molar-refractivity contribution < 1.29 is 4.79 Å². The number of carbonyl (C=O) groups is 1. The molecular weight excluding hydrogens is 476 g/mol. The van der Waals surface area contributed by atoms with Gasteiger partial charge in [0.25, 0.3) is 5.56 Å². The van der Waals surface area contributed by atoms with Crippen LogP contribution in [0, 0.1) is 5.92 Å². The smallest absolute Gasteiger partial charge is 0.250 e. The number of nitrogens with one attached hydrogen (secondary N) is 2. The van der Waals surface area contributed by atoms with E-state index in [1.54, 1.807) is 17.6 Å². The van der Waals surface area contributed by atoms with Gasteiger partial charge in [-0.2, -0.15) is 5.10 Å². The maximum Gasteiger partial charge on any atom is 0.250 e. The highest BCUT2D eigenvalue weighted by atomic mass is 35.5. The van der Waals surface area contributed by atoms with Gasteiger partial charge in [-0.3, -0.25) is 14.7 Å². The molecule has 2 aromatic heterocycles. The fourth-order valence-electron chi connectivity index (χ4n) is 4.85. The number of nitrogens with two attached hydrogens (primary N) is 1. The Labute approximate surface area is 214 Å². The van der Waals surface area contributed by atoms with E-state index in [1.807, 2.05) is 47.5 Å². The maximum absolute atomic E-state index is 12.6. The van der Waals surface area contributed by atoms with Crippen molar-refractivity contribution in [3.05, 3.63) is 75.7 Å². The number of nitrogens with zero attached hydrogens (tertiary/aromatic N) is 3. The minimum atomic E-state index is -0.0826. The van der Waals surface area contributed by atoms with Gasteiger partial charge in [0.05, 0.1) is 17.4 Å². The Kier molecular flexibility index (Phi) is 6.69. The Morgan fingerprint density at radius 1 is 1.17 bits per heavy atom. The Morgan fingerprint density at radius 3 is 2.72 bits per heavy atom. The van der Waals surface area contributed by atoms with Crippen LogP contribution in [0.15, 0.2) is 59.5 Å². The molecule has 0 radical (unpaired) electrons. The topological polar surface area (TPSA) is 109 Å². The Morgan fingerprint density at radius 2 is 1.97 bits per heavy atom. The highest BCUT2D eigenvalue weighted by Gasteiger charge is 2.21. The number of hydrogen-bond acceptors (Lipinski definition) is 5. The van der Waals surface area contributed by atoms with E-state index in [-0.39, 0.29) is 11.5 Å². The van der Waals surface area contributed by atoms with Gasteiger partial charge in [0.15, 0.2) is 5.82 Å². The lowest BCUT2D eigenvalue weighted by molar-refractivity contribution is -0.130. The van der Waals surface area contributed by atoms with Gasteiger partial charge in [0, 0.05) is 49.5 Å². The van der Waals surface area contributed by atoms with Gasteiger partial charge in [-0.05, 0) is 65.8 Å². The van der Waals surface area contributed by atoms with Crippen molar-refractivity contribution in [1.29, 1.82) is 0 Å². The second-order valence-corrected chi connectivity index (χ2v) is 9.84. The molecule has 1 aliphatic rings. The number of H-pyrrole nitrogens is 1. The average Bonchev–Trinajstić information content (AvgIpc) is 3.25. The van der Waals surface area contributed by atoms with E-state index in [4.69, 9.17) is 17.3 Å². The second kappa shape index (κ2) is 10.1. The summed E-state index contributed by atoms with van der Waals surface area (Å²) in [5.74, 6) is 1.04. The molecule has 0 unspecified atom stereocenters. The minimum Gasteiger partial charge on any atom is -0.384 e. The predicted molar refractivity (Wildman–Crippen MR) is 144 cm³/mol. The molecule has 1 amide bonds. The quantitative estimate of drug-likeness (QED) is 0.362. The molecule has 0 spiro atoms. The fourth-order valence-corrected chi connectivity index (χ4v) is 5.07. The zero-order valence-electron chi connectivity index (χ0n) is 20.1. The van der Waals surface area contributed by atoms with Crippen molar-refractivity contribution >= 4 is 39.9 Å². The van der Waals surface area contributed by atoms with Crippen LogP contribution in [-0.2, 0) is 11.3 Å². The van der Waals surface area contributed by atoms with E-state index in [2.05, 4.69) is 21.6 Å². The molecule has 5 rings (SSSR count). The lowest BCUT2D eigenvalue weighted by Gasteiger charge is -2.31. The Balaban J connectivity index is 1.42. The minimum absolute atomic E-state index is 0.0826. The summed E-state index contributed by atoms with van der Waals surface area (Å²) in [6.07, 6.45) is 3.79. The Bertz CT molecular complexity index is 1470. The van der Waals surface area contributed by atoms with Gasteiger partial charge in [-0.1, -0.05) is 23.7 Å². The van der Waals surface area contributed by atoms with Crippen LogP contribution in [-0.4, -0.2) is 45.2 Å². The number of halogens is 1. The van der Waals surface area contributed by atoms with Crippen molar-refractivity contribution in [2.75, 3.05) is 30.7 Å². The highest BCUT2D eigenvalue weighted by molar-refractivity contribution is 6.30. The van der Waals surface area contributed by atoms with Gasteiger partial charge in [0.2, 0.25) is 5.91 Å². The van der Waals surface area contributed by atoms with Crippen LogP contribution in [0.4, 0.5) is 11.5 Å². The molecule has 4 aromatic rings. The van der Waals surface area contributed by atoms with Gasteiger partial charge < -0.3 is 20.5 Å². The third-order valence-corrected chi connectivity index (χ3v) is 7.13. The highest BCUT2D eigenvalue weighted by Crippen LogP contribution is 2.33. The maximum atomic E-state index is 12.6. The van der Waals surface area contributed by atoms with Crippen molar-refractivity contribution in [1.82, 2.24) is 19.7 Å². The van der Waals surface area contributed by atoms with Crippen LogP contribution in [0.25, 0.3) is 22.0 Å². The monoisotopic (exact) mass is 504 g/mol. The van der Waals surface area contributed by atoms with Crippen LogP contribution in [0.2, 0.25) is 5.02 Å². The number of aromatic nitrogens is 3. The molecular formula is C27H29ClN6O2. The number of aromatic amines is 1. The van der Waals surface area contributed by atoms with E-state index < -0.39 is 0 Å². The molecule has 0 saturated carbocycles. The number of carbonyl (C=O) groups excluding carboxylic acids is 1. The molecule has 1 fully saturated rings. The third-order valence-electron chi connectivity index (χ3n) is 6.89. The van der Waals surface area contributed by atoms with E-state index >= 15 is 0 Å². The molecule has 4 N–H and O–H groups in total. The molecule has 0 bridgehead atoms. The lowest BCUT2D eigenvalue weighted by atomic mass is 9.96. The van der Waals surface area contributed by atoms with Crippen molar-refractivity contribution in [3.8, 4) is 11.1 Å². The largest absolute Gasteiger partial charge is 0.384 e. The van der Waals surface area contributed by atoms with Gasteiger partial charge in [-0.25, -0.2) is 0 Å². The van der Waals surface area contributed by atoms with Gasteiger partial charge in [0.1, 0.15) is 0 Å². The lowest BCUT2D eigenvalue weighted by Crippen LogP contribution is -2.38. The van der Waals surface area contributed by atoms with E-state index in [1.165, 1.54) is 0 Å². The average molecular weight is 505 g/mol. The molecule has 3 heterocycles. The van der Waals surface area contributed by atoms with E-state index in [9.17, 15) is 9.59 Å². The standard InChI is InChI=1S/C27H29ClN6O2/c1-17(35)33-9-7-18(8-10-33)14-30-23-12-21(13-24-26(23)27(29)32-31-24)20-5-6-25(36)34(16-20)15-19-3-2-4-22(28)11-19/h2-6,11-13,16,18,30H,7-10,14-15H2,1H3,(H3,29,31,32). The van der Waals surface area contributed by atoms with Crippen LogP contribution >= 0.6 is 11.6 Å². The predicted octanol–water partition coefficient (Wildman–Crippen LogP) is 4.35. The van der Waals surface area contributed by atoms with E-state index in [0.717, 1.165) is 65.8 Å². The summed E-state index contributed by atoms with van der Waals surface area (Å²) >= 11 is 6.13. The van der Waals surface area contributed by atoms with Crippen molar-refractivity contribution in [2.45, 2.75) is 26.3 Å². The molecule has 1 saturated heterocycles. The zero-order chi connectivity index (χ0) is 25.2. The summed E-state index contributed by atoms with van der Waals surface area (Å²) in [6, 6.07) is 15.0. The number of fused-ring (bicyclic) bond motifs is 1. The van der Waals surface area contributed by atoms with Crippen molar-refractivity contribution in [3.63, 3.8) is 0 Å². The molecule has 2 aromatic carbocycles. The second-order valence-electron chi connectivity index (χ2n) is 9.40. The number of likely N-dealkylation sites (tertiary alicyclic amines) is 1. The van der Waals surface area contributed by atoms with Crippen LogP contribution in [0.1, 0.15) is 25.3 Å². The molecule has 0 aliphatic carbocycles. The first kappa shape index (κ1) is 23.9. The molecule has 8 nitrogen and oxygen atoms in total. The Hall–Kier alpha value is -3.78. The molecule has 36 heavy (non-hydrogen) atoms. The SMILES string of the molecule is CC(=O)N1CCC(CNc2cc(-c3ccc(=O)n(Cc4cccc(Cl)c4)c3)cc3[nH]nc(N)c23)CC1. The number of benzene rings is 2. The summed E-state index contributed by atoms with van der Waals surface area (Å²) < 4.78 is 1.68. The van der Waals surface area contributed by atoms with Crippen LogP contribution in [0.3, 0.4) is 0 Å². The number of rotatable bonds is 6. The number of amides is 1. The fraction of sp³-hybridized carbons (Fsp3) is 0.296. The molecule has 9 heteroatoms. The first-order chi connectivity index (χ1) is 17.4. The summed E-state index contributed by atoms with van der Waals surface area (Å²) in [5.41, 5.74) is 10.6. The summed E-state index contributed by atoms with van der Waals surface area (Å²) in [7, 11) is 0. The zero-order valence-corrected chi connectivity index (χ0v) is 20.9. The summed E-state index contributed by atoms with van der Waals surface area (Å²) in [6.45, 7) is 4.42. The normalized spacial score (nSPS) is 14.3. The first-order valence-electron chi connectivity index (χ1n) is 12.1. The number of piperidine rings is 1. The summed E-state index contributed by atoms with van der Waals surface area (Å²) in [4.78, 5) is 26.1. The van der Waals surface area contributed by atoms with Gasteiger partial charge in [-0.15, -0.1) is 0 Å². The first-order valence-corrected chi connectivity index (χ1v) is 12.5. The number of pyridine rings is 1. The third kappa shape index (κ3) is 5.09. The van der Waals surface area contributed by atoms with E-state index in [0.29, 0.717) is 23.3 Å². The van der Waals surface area contributed by atoms with Crippen LogP contribution < -0.4 is 16.6 Å². The van der Waals surface area contributed by atoms with Crippen molar-refractivity contribution in [2.24, 2.45) is 5.92 Å². The van der Waals surface area contributed by atoms with Gasteiger partial charge >= 0.3 is 0 Å². The number of hydrogen-bond donors (Lipinski definition) is 3. The molecule has 0 atom stereocenters. The number of anilines is 2. The van der Waals surface area contributed by atoms with Crippen LogP contribution in [0.5, 0.6) is 0 Å². The summed E-state index contributed by atoms with van der Waals surface area (Å²) in [5, 5.41) is 12.3. The molecule has 186 valence electrons. The molecule has 1 aliphatic heterocycles.